The quantitative estimate of drug-likeness (QED) is 0.659. The third kappa shape index (κ3) is 4.19. The standard InChI is InChI=1S/C12H16O7S/c1-18-10-3-2-9(12(14)15)8-11(10)20(16,17)7-6-19-5-4-13/h2-3,8,13H,4-7H2,1H3,(H,14,15). The molecule has 1 aromatic carbocycles. The van der Waals surface area contributed by atoms with Gasteiger partial charge in [-0.2, -0.15) is 0 Å². The zero-order valence-corrected chi connectivity index (χ0v) is 11.7. The number of aromatic carboxylic acids is 1. The van der Waals surface area contributed by atoms with E-state index >= 15 is 0 Å². The largest absolute Gasteiger partial charge is 0.495 e. The van der Waals surface area contributed by atoms with E-state index in [0.29, 0.717) is 0 Å². The van der Waals surface area contributed by atoms with Gasteiger partial charge in [-0.15, -0.1) is 0 Å². The second-order valence-corrected chi connectivity index (χ2v) is 5.90. The lowest BCUT2D eigenvalue weighted by atomic mass is 10.2. The number of sulfone groups is 1. The molecule has 0 bridgehead atoms. The van der Waals surface area contributed by atoms with Crippen LogP contribution in [0.5, 0.6) is 5.75 Å². The molecule has 1 aromatic rings. The van der Waals surface area contributed by atoms with E-state index in [-0.39, 0.29) is 41.8 Å². The van der Waals surface area contributed by atoms with Gasteiger partial charge in [-0.25, -0.2) is 13.2 Å². The number of carboxylic acid groups (broad SMARTS) is 1. The molecule has 1 rings (SSSR count). The third-order valence-corrected chi connectivity index (χ3v) is 4.17. The first kappa shape index (κ1) is 16.4. The molecule has 0 unspecified atom stereocenters. The van der Waals surface area contributed by atoms with Crippen LogP contribution in [0.3, 0.4) is 0 Å². The highest BCUT2D eigenvalue weighted by atomic mass is 32.2. The van der Waals surface area contributed by atoms with E-state index in [9.17, 15) is 13.2 Å². The maximum Gasteiger partial charge on any atom is 0.335 e. The summed E-state index contributed by atoms with van der Waals surface area (Å²) in [5.41, 5.74) is -0.138. The Balaban J connectivity index is 3.02. The molecule has 20 heavy (non-hydrogen) atoms. The number of methoxy groups -OCH3 is 1. The van der Waals surface area contributed by atoms with E-state index in [1.807, 2.05) is 0 Å². The minimum Gasteiger partial charge on any atom is -0.495 e. The van der Waals surface area contributed by atoms with Gasteiger partial charge in [-0.3, -0.25) is 0 Å². The fraction of sp³-hybridized carbons (Fsp3) is 0.417. The second-order valence-electron chi connectivity index (χ2n) is 3.83. The highest BCUT2D eigenvalue weighted by Gasteiger charge is 2.21. The van der Waals surface area contributed by atoms with Crippen molar-refractivity contribution in [3.05, 3.63) is 23.8 Å². The van der Waals surface area contributed by atoms with Crippen LogP contribution >= 0.6 is 0 Å². The Morgan fingerprint density at radius 3 is 2.55 bits per heavy atom. The van der Waals surface area contributed by atoms with Crippen LogP contribution < -0.4 is 4.74 Å². The Labute approximate surface area is 116 Å². The lowest BCUT2D eigenvalue weighted by Crippen LogP contribution is -2.15. The molecular formula is C12H16O7S. The minimum absolute atomic E-state index is 0.0435. The predicted octanol–water partition coefficient (Wildman–Crippen LogP) is 0.176. The van der Waals surface area contributed by atoms with Gasteiger partial charge >= 0.3 is 5.97 Å². The molecule has 0 atom stereocenters. The Morgan fingerprint density at radius 1 is 1.30 bits per heavy atom. The lowest BCUT2D eigenvalue weighted by Gasteiger charge is -2.10. The molecule has 0 aliphatic rings. The fourth-order valence-electron chi connectivity index (χ4n) is 1.50. The first-order valence-corrected chi connectivity index (χ1v) is 7.40. The number of benzene rings is 1. The number of ether oxygens (including phenoxy) is 2. The van der Waals surface area contributed by atoms with E-state index < -0.39 is 15.8 Å². The lowest BCUT2D eigenvalue weighted by molar-refractivity contribution is 0.0696. The molecule has 0 spiro atoms. The molecule has 0 aliphatic carbocycles. The average molecular weight is 304 g/mol. The van der Waals surface area contributed by atoms with E-state index in [4.69, 9.17) is 19.7 Å². The molecule has 0 saturated heterocycles. The highest BCUT2D eigenvalue weighted by Crippen LogP contribution is 2.26. The van der Waals surface area contributed by atoms with Gasteiger partial charge in [0.25, 0.3) is 0 Å². The summed E-state index contributed by atoms with van der Waals surface area (Å²) in [5.74, 6) is -1.47. The molecule has 0 saturated carbocycles. The van der Waals surface area contributed by atoms with Crippen LogP contribution in [0.4, 0.5) is 0 Å². The smallest absolute Gasteiger partial charge is 0.335 e. The molecule has 112 valence electrons. The van der Waals surface area contributed by atoms with E-state index in [0.717, 1.165) is 6.07 Å². The molecule has 7 nitrogen and oxygen atoms in total. The van der Waals surface area contributed by atoms with Crippen molar-refractivity contribution in [3.8, 4) is 5.75 Å². The van der Waals surface area contributed by atoms with Crippen molar-refractivity contribution in [2.24, 2.45) is 0 Å². The predicted molar refractivity (Wildman–Crippen MR) is 69.9 cm³/mol. The molecule has 2 N–H and O–H groups in total. The monoisotopic (exact) mass is 304 g/mol. The summed E-state index contributed by atoms with van der Waals surface area (Å²) in [6, 6.07) is 3.62. The average Bonchev–Trinajstić information content (AvgIpc) is 2.42. The summed E-state index contributed by atoms with van der Waals surface area (Å²) in [5, 5.41) is 17.4. The van der Waals surface area contributed by atoms with Crippen LogP contribution in [-0.2, 0) is 14.6 Å². The highest BCUT2D eigenvalue weighted by molar-refractivity contribution is 7.91. The van der Waals surface area contributed by atoms with Gasteiger partial charge in [0.1, 0.15) is 10.6 Å². The van der Waals surface area contributed by atoms with Crippen LogP contribution in [0, 0.1) is 0 Å². The summed E-state index contributed by atoms with van der Waals surface area (Å²) in [7, 11) is -2.43. The van der Waals surface area contributed by atoms with Crippen molar-refractivity contribution < 1.29 is 32.9 Å². The normalized spacial score (nSPS) is 11.3. The van der Waals surface area contributed by atoms with Gasteiger partial charge in [0.05, 0.1) is 38.2 Å². The van der Waals surface area contributed by atoms with Crippen molar-refractivity contribution in [1.82, 2.24) is 0 Å². The number of aliphatic hydroxyl groups is 1. The van der Waals surface area contributed by atoms with Crippen molar-refractivity contribution in [3.63, 3.8) is 0 Å². The Morgan fingerprint density at radius 2 is 2.00 bits per heavy atom. The number of aliphatic hydroxyl groups excluding tert-OH is 1. The van der Waals surface area contributed by atoms with Crippen LogP contribution in [-0.4, -0.2) is 57.3 Å². The first-order chi connectivity index (χ1) is 9.42. The summed E-state index contributed by atoms with van der Waals surface area (Å²) < 4.78 is 34.1. The topological polar surface area (TPSA) is 110 Å². The van der Waals surface area contributed by atoms with Gasteiger partial charge in [0, 0.05) is 0 Å². The van der Waals surface area contributed by atoms with Gasteiger partial charge in [0.2, 0.25) is 0 Å². The maximum absolute atomic E-state index is 12.1. The number of hydrogen-bond acceptors (Lipinski definition) is 6. The van der Waals surface area contributed by atoms with Crippen molar-refractivity contribution in [2.45, 2.75) is 4.90 Å². The van der Waals surface area contributed by atoms with Crippen molar-refractivity contribution in [1.29, 1.82) is 0 Å². The summed E-state index contributed by atoms with van der Waals surface area (Å²) >= 11 is 0. The van der Waals surface area contributed by atoms with Crippen molar-refractivity contribution >= 4 is 15.8 Å². The summed E-state index contributed by atoms with van der Waals surface area (Å²) in [6.07, 6.45) is 0. The van der Waals surface area contributed by atoms with Crippen LogP contribution in [0.1, 0.15) is 10.4 Å². The minimum atomic E-state index is -3.73. The van der Waals surface area contributed by atoms with E-state index in [1.54, 1.807) is 0 Å². The Hall–Kier alpha value is -1.64. The number of carbonyl (C=O) groups is 1. The zero-order chi connectivity index (χ0) is 15.2. The molecular weight excluding hydrogens is 288 g/mol. The van der Waals surface area contributed by atoms with E-state index in [2.05, 4.69) is 0 Å². The number of rotatable bonds is 8. The van der Waals surface area contributed by atoms with Crippen molar-refractivity contribution in [2.75, 3.05) is 32.7 Å². The van der Waals surface area contributed by atoms with Crippen LogP contribution in [0.2, 0.25) is 0 Å². The van der Waals surface area contributed by atoms with Crippen LogP contribution in [0.15, 0.2) is 23.1 Å². The Bertz CT molecular complexity index is 565. The zero-order valence-electron chi connectivity index (χ0n) is 10.9. The Kier molecular flexibility index (Phi) is 5.93. The van der Waals surface area contributed by atoms with E-state index in [1.165, 1.54) is 19.2 Å². The second kappa shape index (κ2) is 7.22. The SMILES string of the molecule is COc1ccc(C(=O)O)cc1S(=O)(=O)CCOCCO. The molecule has 0 radical (unpaired) electrons. The van der Waals surface area contributed by atoms with Gasteiger partial charge in [0.15, 0.2) is 9.84 Å². The molecule has 0 amide bonds. The molecule has 0 fully saturated rings. The molecule has 0 aromatic heterocycles. The molecule has 0 aliphatic heterocycles. The third-order valence-electron chi connectivity index (χ3n) is 2.48. The number of carboxylic acids is 1. The molecule has 8 heteroatoms. The van der Waals surface area contributed by atoms with Gasteiger partial charge in [-0.05, 0) is 18.2 Å². The van der Waals surface area contributed by atoms with Gasteiger partial charge in [-0.1, -0.05) is 0 Å². The summed E-state index contributed by atoms with van der Waals surface area (Å²) in [6.45, 7) is -0.247. The fourth-order valence-corrected chi connectivity index (χ4v) is 2.82. The maximum atomic E-state index is 12.1. The van der Waals surface area contributed by atoms with Crippen LogP contribution in [0.25, 0.3) is 0 Å². The molecule has 0 heterocycles. The summed E-state index contributed by atoms with van der Waals surface area (Å²) in [4.78, 5) is 10.7. The van der Waals surface area contributed by atoms with Gasteiger partial charge < -0.3 is 19.7 Å². The first-order valence-electron chi connectivity index (χ1n) is 5.75. The number of hydrogen-bond donors (Lipinski definition) is 2.